The summed E-state index contributed by atoms with van der Waals surface area (Å²) in [6, 6.07) is 0. The van der Waals surface area contributed by atoms with Crippen molar-refractivity contribution in [1.82, 2.24) is 4.90 Å². The van der Waals surface area contributed by atoms with Crippen molar-refractivity contribution in [3.05, 3.63) is 0 Å². The molecule has 0 aromatic heterocycles. The first-order valence-electron chi connectivity index (χ1n) is 5.23. The SMILES string of the molecule is CCCCOC(=O)CN(CC)CCO. The summed E-state index contributed by atoms with van der Waals surface area (Å²) in [5.74, 6) is -0.200. The van der Waals surface area contributed by atoms with Crippen molar-refractivity contribution < 1.29 is 14.6 Å². The molecule has 0 heterocycles. The first-order chi connectivity index (χ1) is 6.74. The van der Waals surface area contributed by atoms with E-state index in [0.717, 1.165) is 19.4 Å². The molecule has 0 aromatic rings. The lowest BCUT2D eigenvalue weighted by Crippen LogP contribution is -2.33. The molecule has 1 N–H and O–H groups in total. The smallest absolute Gasteiger partial charge is 0.320 e. The van der Waals surface area contributed by atoms with Crippen molar-refractivity contribution in [1.29, 1.82) is 0 Å². The summed E-state index contributed by atoms with van der Waals surface area (Å²) in [5, 5.41) is 8.70. The molecule has 0 fully saturated rings. The van der Waals surface area contributed by atoms with Crippen LogP contribution >= 0.6 is 0 Å². The number of carbonyl (C=O) groups is 1. The van der Waals surface area contributed by atoms with Gasteiger partial charge in [-0.25, -0.2) is 0 Å². The summed E-state index contributed by atoms with van der Waals surface area (Å²) in [6.45, 7) is 6.15. The van der Waals surface area contributed by atoms with Crippen molar-refractivity contribution in [2.75, 3.05) is 32.8 Å². The van der Waals surface area contributed by atoms with E-state index in [1.54, 1.807) is 0 Å². The Kier molecular flexibility index (Phi) is 8.57. The average Bonchev–Trinajstić information content (AvgIpc) is 2.17. The fourth-order valence-electron chi connectivity index (χ4n) is 1.05. The Hall–Kier alpha value is -0.610. The summed E-state index contributed by atoms with van der Waals surface area (Å²) in [4.78, 5) is 13.1. The number of unbranched alkanes of at least 4 members (excludes halogenated alkanes) is 1. The van der Waals surface area contributed by atoms with E-state index in [9.17, 15) is 4.79 Å². The van der Waals surface area contributed by atoms with Crippen LogP contribution in [0.5, 0.6) is 0 Å². The Bertz CT molecular complexity index is 150. The van der Waals surface area contributed by atoms with Crippen molar-refractivity contribution in [3.8, 4) is 0 Å². The summed E-state index contributed by atoms with van der Waals surface area (Å²) >= 11 is 0. The Balaban J connectivity index is 3.56. The Morgan fingerprint density at radius 2 is 2.14 bits per heavy atom. The van der Waals surface area contributed by atoms with Crippen molar-refractivity contribution >= 4 is 5.97 Å². The lowest BCUT2D eigenvalue weighted by Gasteiger charge is -2.17. The number of ether oxygens (including phenoxy) is 1. The first kappa shape index (κ1) is 13.4. The van der Waals surface area contributed by atoms with Gasteiger partial charge in [0, 0.05) is 6.54 Å². The number of nitrogens with zero attached hydrogens (tertiary/aromatic N) is 1. The van der Waals surface area contributed by atoms with E-state index in [1.807, 2.05) is 11.8 Å². The molecule has 0 aliphatic heterocycles. The Morgan fingerprint density at radius 3 is 2.64 bits per heavy atom. The fourth-order valence-corrected chi connectivity index (χ4v) is 1.05. The molecule has 0 unspecified atom stereocenters. The summed E-state index contributed by atoms with van der Waals surface area (Å²) in [5.41, 5.74) is 0. The molecule has 14 heavy (non-hydrogen) atoms. The van der Waals surface area contributed by atoms with Crippen LogP contribution < -0.4 is 0 Å². The Labute approximate surface area is 85.9 Å². The summed E-state index contributed by atoms with van der Waals surface area (Å²) < 4.78 is 5.00. The molecule has 4 heteroatoms. The highest BCUT2D eigenvalue weighted by molar-refractivity contribution is 5.71. The molecule has 0 atom stereocenters. The molecule has 0 saturated carbocycles. The first-order valence-corrected chi connectivity index (χ1v) is 5.23. The lowest BCUT2D eigenvalue weighted by molar-refractivity contribution is -0.145. The molecule has 0 aliphatic carbocycles. The zero-order valence-corrected chi connectivity index (χ0v) is 9.16. The quantitative estimate of drug-likeness (QED) is 0.464. The number of hydrogen-bond acceptors (Lipinski definition) is 4. The van der Waals surface area contributed by atoms with Crippen LogP contribution in [0.1, 0.15) is 26.7 Å². The number of rotatable bonds is 8. The van der Waals surface area contributed by atoms with E-state index >= 15 is 0 Å². The van der Waals surface area contributed by atoms with Gasteiger partial charge in [0.1, 0.15) is 0 Å². The van der Waals surface area contributed by atoms with Gasteiger partial charge in [-0.3, -0.25) is 9.69 Å². The van der Waals surface area contributed by atoms with Gasteiger partial charge in [0.25, 0.3) is 0 Å². The summed E-state index contributed by atoms with van der Waals surface area (Å²) in [6.07, 6.45) is 1.94. The molecular formula is C10H21NO3. The minimum absolute atomic E-state index is 0.0794. The number of carbonyl (C=O) groups excluding carboxylic acids is 1. The minimum atomic E-state index is -0.200. The van der Waals surface area contributed by atoms with Crippen LogP contribution in [0.4, 0.5) is 0 Å². The second kappa shape index (κ2) is 8.97. The highest BCUT2D eigenvalue weighted by Crippen LogP contribution is 1.92. The van der Waals surface area contributed by atoms with E-state index < -0.39 is 0 Å². The maximum atomic E-state index is 11.2. The van der Waals surface area contributed by atoms with Gasteiger partial charge in [0.2, 0.25) is 0 Å². The predicted molar refractivity (Wildman–Crippen MR) is 55.1 cm³/mol. The van der Waals surface area contributed by atoms with Crippen LogP contribution in [0.3, 0.4) is 0 Å². The topological polar surface area (TPSA) is 49.8 Å². The molecule has 0 amide bonds. The molecule has 0 radical (unpaired) electrons. The molecule has 0 saturated heterocycles. The van der Waals surface area contributed by atoms with E-state index in [4.69, 9.17) is 9.84 Å². The van der Waals surface area contributed by atoms with Gasteiger partial charge in [-0.15, -0.1) is 0 Å². The van der Waals surface area contributed by atoms with Crippen molar-refractivity contribution in [2.45, 2.75) is 26.7 Å². The van der Waals surface area contributed by atoms with Crippen LogP contribution in [0, 0.1) is 0 Å². The van der Waals surface area contributed by atoms with Gasteiger partial charge in [-0.2, -0.15) is 0 Å². The van der Waals surface area contributed by atoms with Crippen LogP contribution in [-0.2, 0) is 9.53 Å². The third-order valence-corrected chi connectivity index (χ3v) is 1.98. The molecule has 0 aromatic carbocycles. The number of likely N-dealkylation sites (N-methyl/N-ethyl adjacent to an activating group) is 1. The third-order valence-electron chi connectivity index (χ3n) is 1.98. The normalized spacial score (nSPS) is 10.6. The zero-order chi connectivity index (χ0) is 10.8. The van der Waals surface area contributed by atoms with E-state index in [2.05, 4.69) is 6.92 Å². The standard InChI is InChI=1S/C10H21NO3/c1-3-5-8-14-10(13)9-11(4-2)6-7-12/h12H,3-9H2,1-2H3. The second-order valence-corrected chi connectivity index (χ2v) is 3.17. The van der Waals surface area contributed by atoms with Crippen LogP contribution in [0.2, 0.25) is 0 Å². The van der Waals surface area contributed by atoms with Crippen LogP contribution in [0.25, 0.3) is 0 Å². The van der Waals surface area contributed by atoms with Gasteiger partial charge >= 0.3 is 5.97 Å². The van der Waals surface area contributed by atoms with Gasteiger partial charge in [0.15, 0.2) is 0 Å². The van der Waals surface area contributed by atoms with Crippen molar-refractivity contribution in [2.24, 2.45) is 0 Å². The molecule has 0 aliphatic rings. The molecule has 0 rings (SSSR count). The molecule has 4 nitrogen and oxygen atoms in total. The number of aliphatic hydroxyl groups is 1. The van der Waals surface area contributed by atoms with Gasteiger partial charge in [-0.1, -0.05) is 20.3 Å². The third kappa shape index (κ3) is 6.86. The van der Waals surface area contributed by atoms with Crippen molar-refractivity contribution in [3.63, 3.8) is 0 Å². The largest absolute Gasteiger partial charge is 0.465 e. The van der Waals surface area contributed by atoms with E-state index in [1.165, 1.54) is 0 Å². The second-order valence-electron chi connectivity index (χ2n) is 3.17. The number of aliphatic hydroxyl groups excluding tert-OH is 1. The maximum absolute atomic E-state index is 11.2. The Morgan fingerprint density at radius 1 is 1.43 bits per heavy atom. The molecule has 84 valence electrons. The monoisotopic (exact) mass is 203 g/mol. The van der Waals surface area contributed by atoms with Gasteiger partial charge in [0.05, 0.1) is 19.8 Å². The fraction of sp³-hybridized carbons (Fsp3) is 0.900. The van der Waals surface area contributed by atoms with E-state index in [0.29, 0.717) is 13.2 Å². The zero-order valence-electron chi connectivity index (χ0n) is 9.16. The summed E-state index contributed by atoms with van der Waals surface area (Å²) in [7, 11) is 0. The molecule has 0 spiro atoms. The minimum Gasteiger partial charge on any atom is -0.465 e. The highest BCUT2D eigenvalue weighted by Gasteiger charge is 2.08. The van der Waals surface area contributed by atoms with Gasteiger partial charge < -0.3 is 9.84 Å². The predicted octanol–water partition coefficient (Wildman–Crippen LogP) is 0.644. The van der Waals surface area contributed by atoms with Crippen LogP contribution in [0.15, 0.2) is 0 Å². The maximum Gasteiger partial charge on any atom is 0.320 e. The highest BCUT2D eigenvalue weighted by atomic mass is 16.5. The number of hydrogen-bond donors (Lipinski definition) is 1. The van der Waals surface area contributed by atoms with E-state index in [-0.39, 0.29) is 19.1 Å². The molecular weight excluding hydrogens is 182 g/mol. The average molecular weight is 203 g/mol. The van der Waals surface area contributed by atoms with Gasteiger partial charge in [-0.05, 0) is 13.0 Å². The molecule has 0 bridgehead atoms. The number of esters is 1. The van der Waals surface area contributed by atoms with Crippen LogP contribution in [-0.4, -0.2) is 48.8 Å². The lowest BCUT2D eigenvalue weighted by atomic mass is 10.4.